The molecule has 0 aromatic carbocycles. The first-order valence-electron chi connectivity index (χ1n) is 4.84. The van der Waals surface area contributed by atoms with E-state index in [4.69, 9.17) is 11.6 Å². The Balaban J connectivity index is 2.51. The molecule has 2 rings (SSSR count). The molecule has 0 spiro atoms. The summed E-state index contributed by atoms with van der Waals surface area (Å²) in [7, 11) is 3.55. The molecule has 0 saturated carbocycles. The van der Waals surface area contributed by atoms with Gasteiger partial charge >= 0.3 is 0 Å². The third kappa shape index (κ3) is 1.92. The van der Waals surface area contributed by atoms with Crippen LogP contribution in [-0.2, 0) is 14.1 Å². The van der Waals surface area contributed by atoms with E-state index in [0.29, 0.717) is 10.4 Å². The number of hydrogen-bond acceptors (Lipinski definition) is 6. The van der Waals surface area contributed by atoms with Crippen LogP contribution in [0.4, 0.5) is 5.82 Å². The molecule has 0 bridgehead atoms. The predicted octanol–water partition coefficient (Wildman–Crippen LogP) is -0.554. The Kier molecular flexibility index (Phi) is 3.13. The van der Waals surface area contributed by atoms with Crippen molar-refractivity contribution in [3.63, 3.8) is 0 Å². The number of aryl methyl sites for hydroxylation is 2. The van der Waals surface area contributed by atoms with Crippen molar-refractivity contribution in [2.45, 2.75) is 6.04 Å². The number of anilines is 1. The number of hydrazine groups is 1. The minimum atomic E-state index is -0.321. The maximum absolute atomic E-state index is 5.92. The normalized spacial score (nSPS) is 12.9. The van der Waals surface area contributed by atoms with Crippen molar-refractivity contribution in [1.29, 1.82) is 0 Å². The van der Waals surface area contributed by atoms with Gasteiger partial charge in [-0.2, -0.15) is 5.10 Å². The molecule has 92 valence electrons. The van der Waals surface area contributed by atoms with Crippen LogP contribution in [0.25, 0.3) is 0 Å². The molecule has 2 heterocycles. The molecule has 0 aliphatic rings. The van der Waals surface area contributed by atoms with E-state index in [-0.39, 0.29) is 6.04 Å². The van der Waals surface area contributed by atoms with E-state index in [1.807, 2.05) is 0 Å². The average molecular weight is 301 g/mol. The Morgan fingerprint density at radius 3 is 2.53 bits per heavy atom. The Morgan fingerprint density at radius 1 is 1.41 bits per heavy atom. The van der Waals surface area contributed by atoms with Crippen LogP contribution in [0.2, 0.25) is 0 Å². The molecule has 1 atom stereocenters. The summed E-state index contributed by atoms with van der Waals surface area (Å²) >= 11 is 3.33. The van der Waals surface area contributed by atoms with Crippen LogP contribution in [0.5, 0.6) is 0 Å². The van der Waals surface area contributed by atoms with E-state index in [1.165, 1.54) is 0 Å². The zero-order valence-electron chi connectivity index (χ0n) is 9.42. The third-order valence-electron chi connectivity index (χ3n) is 2.59. The van der Waals surface area contributed by atoms with Crippen LogP contribution >= 0.6 is 15.9 Å². The second-order valence-electron chi connectivity index (χ2n) is 3.60. The van der Waals surface area contributed by atoms with E-state index in [0.717, 1.165) is 11.3 Å². The molecule has 0 fully saturated rings. The number of hydrogen-bond donors (Lipinski definition) is 3. The number of nitrogen functional groups attached to an aromatic ring is 1. The first-order chi connectivity index (χ1) is 8.06. The molecule has 0 saturated heterocycles. The lowest BCUT2D eigenvalue weighted by molar-refractivity contribution is 0.570. The highest BCUT2D eigenvalue weighted by Gasteiger charge is 2.24. The minimum absolute atomic E-state index is 0.321. The molecule has 0 radical (unpaired) electrons. The first-order valence-corrected chi connectivity index (χ1v) is 5.64. The highest BCUT2D eigenvalue weighted by molar-refractivity contribution is 9.10. The summed E-state index contributed by atoms with van der Waals surface area (Å²) < 4.78 is 3.82. The van der Waals surface area contributed by atoms with Gasteiger partial charge in [-0.05, 0) is 15.9 Å². The van der Waals surface area contributed by atoms with E-state index in [9.17, 15) is 0 Å². The van der Waals surface area contributed by atoms with E-state index in [2.05, 4.69) is 36.8 Å². The Morgan fingerprint density at radius 2 is 2.12 bits per heavy atom. The molecular formula is C8H13BrN8. The summed E-state index contributed by atoms with van der Waals surface area (Å²) in [4.78, 5) is 0. The summed E-state index contributed by atoms with van der Waals surface area (Å²) in [6.07, 6.45) is 1.67. The van der Waals surface area contributed by atoms with Gasteiger partial charge in [-0.15, -0.1) is 5.10 Å². The summed E-state index contributed by atoms with van der Waals surface area (Å²) in [5.41, 5.74) is 10.2. The smallest absolute Gasteiger partial charge is 0.153 e. The van der Waals surface area contributed by atoms with Crippen molar-refractivity contribution in [2.75, 3.05) is 5.73 Å². The number of rotatable bonds is 3. The SMILES string of the molecule is Cn1ncc(C(NN)c2c(Br)nnn2C)c1N. The minimum Gasteiger partial charge on any atom is -0.384 e. The molecule has 5 N–H and O–H groups in total. The largest absolute Gasteiger partial charge is 0.384 e. The lowest BCUT2D eigenvalue weighted by Crippen LogP contribution is -2.31. The number of nitrogens with zero attached hydrogens (tertiary/aromatic N) is 5. The van der Waals surface area contributed by atoms with Gasteiger partial charge in [-0.1, -0.05) is 5.21 Å². The lowest BCUT2D eigenvalue weighted by Gasteiger charge is -2.15. The number of nitrogens with two attached hydrogens (primary N) is 2. The van der Waals surface area contributed by atoms with Gasteiger partial charge in [-0.25, -0.2) is 10.1 Å². The lowest BCUT2D eigenvalue weighted by atomic mass is 10.1. The highest BCUT2D eigenvalue weighted by atomic mass is 79.9. The molecule has 0 amide bonds. The van der Waals surface area contributed by atoms with Crippen molar-refractivity contribution in [3.05, 3.63) is 22.1 Å². The summed E-state index contributed by atoms with van der Waals surface area (Å²) in [6, 6.07) is -0.321. The van der Waals surface area contributed by atoms with Gasteiger partial charge in [-0.3, -0.25) is 10.5 Å². The van der Waals surface area contributed by atoms with E-state index < -0.39 is 0 Å². The fourth-order valence-corrected chi connectivity index (χ4v) is 2.20. The van der Waals surface area contributed by atoms with Crippen molar-refractivity contribution >= 4 is 21.7 Å². The number of halogens is 1. The first kappa shape index (κ1) is 12.0. The number of nitrogens with one attached hydrogen (secondary N) is 1. The van der Waals surface area contributed by atoms with Gasteiger partial charge in [0.1, 0.15) is 5.82 Å². The molecule has 9 heteroatoms. The van der Waals surface area contributed by atoms with Crippen LogP contribution < -0.4 is 17.0 Å². The quantitative estimate of drug-likeness (QED) is 0.518. The number of aromatic nitrogens is 5. The van der Waals surface area contributed by atoms with Crippen molar-refractivity contribution < 1.29 is 0 Å². The van der Waals surface area contributed by atoms with E-state index >= 15 is 0 Å². The molecule has 1 unspecified atom stereocenters. The van der Waals surface area contributed by atoms with Crippen LogP contribution in [0.15, 0.2) is 10.8 Å². The fourth-order valence-electron chi connectivity index (χ4n) is 1.65. The second kappa shape index (κ2) is 4.43. The van der Waals surface area contributed by atoms with Gasteiger partial charge in [0.05, 0.1) is 17.9 Å². The topological polar surface area (TPSA) is 113 Å². The summed E-state index contributed by atoms with van der Waals surface area (Å²) in [5.74, 6) is 6.12. The molecule has 8 nitrogen and oxygen atoms in total. The Bertz CT molecular complexity index is 510. The second-order valence-corrected chi connectivity index (χ2v) is 4.35. The van der Waals surface area contributed by atoms with Crippen LogP contribution in [-0.4, -0.2) is 24.8 Å². The van der Waals surface area contributed by atoms with Gasteiger partial charge in [0.25, 0.3) is 0 Å². The van der Waals surface area contributed by atoms with Gasteiger partial charge in [0.2, 0.25) is 0 Å². The standard InChI is InChI=1S/C8H13BrN8/c1-16-6(7(9)14-15-16)5(13-11)4-3-12-17(2)8(4)10/h3,5,13H,10-11H2,1-2H3. The molecular weight excluding hydrogens is 288 g/mol. The predicted molar refractivity (Wildman–Crippen MR) is 65.5 cm³/mol. The van der Waals surface area contributed by atoms with Gasteiger partial charge in [0, 0.05) is 19.7 Å². The maximum Gasteiger partial charge on any atom is 0.153 e. The maximum atomic E-state index is 5.92. The Labute approximate surface area is 106 Å². The van der Waals surface area contributed by atoms with Crippen LogP contribution in [0, 0.1) is 0 Å². The zero-order chi connectivity index (χ0) is 12.6. The molecule has 2 aromatic rings. The van der Waals surface area contributed by atoms with Gasteiger partial charge < -0.3 is 5.73 Å². The third-order valence-corrected chi connectivity index (χ3v) is 3.16. The Hall–Kier alpha value is -1.45. The fraction of sp³-hybridized carbons (Fsp3) is 0.375. The average Bonchev–Trinajstić information content (AvgIpc) is 2.79. The summed E-state index contributed by atoms with van der Waals surface area (Å²) in [5, 5.41) is 11.9. The van der Waals surface area contributed by atoms with E-state index in [1.54, 1.807) is 29.7 Å². The summed E-state index contributed by atoms with van der Waals surface area (Å²) in [6.45, 7) is 0. The monoisotopic (exact) mass is 300 g/mol. The molecule has 2 aromatic heterocycles. The van der Waals surface area contributed by atoms with Gasteiger partial charge in [0.15, 0.2) is 4.60 Å². The van der Waals surface area contributed by atoms with Crippen LogP contribution in [0.3, 0.4) is 0 Å². The molecule has 0 aliphatic heterocycles. The van der Waals surface area contributed by atoms with Crippen molar-refractivity contribution in [3.8, 4) is 0 Å². The molecule has 17 heavy (non-hydrogen) atoms. The van der Waals surface area contributed by atoms with Crippen molar-refractivity contribution in [2.24, 2.45) is 19.9 Å². The van der Waals surface area contributed by atoms with Crippen molar-refractivity contribution in [1.82, 2.24) is 30.2 Å². The molecule has 0 aliphatic carbocycles. The zero-order valence-corrected chi connectivity index (χ0v) is 11.0. The highest BCUT2D eigenvalue weighted by Crippen LogP contribution is 2.28. The van der Waals surface area contributed by atoms with Crippen LogP contribution in [0.1, 0.15) is 17.3 Å².